The molecule has 0 bridgehead atoms. The topological polar surface area (TPSA) is 101 Å². The van der Waals surface area contributed by atoms with Gasteiger partial charge in [-0.25, -0.2) is 13.1 Å². The van der Waals surface area contributed by atoms with Crippen LogP contribution in [0, 0.1) is 0 Å². The molecule has 17 heavy (non-hydrogen) atoms. The van der Waals surface area contributed by atoms with E-state index in [1.54, 1.807) is 0 Å². The Labute approximate surface area is 100 Å². The lowest BCUT2D eigenvalue weighted by Gasteiger charge is -2.06. The monoisotopic (exact) mass is 257 g/mol. The zero-order chi connectivity index (χ0) is 12.9. The normalized spacial score (nSPS) is 11.2. The minimum absolute atomic E-state index is 0.110. The van der Waals surface area contributed by atoms with Gasteiger partial charge in [0.1, 0.15) is 0 Å². The van der Waals surface area contributed by atoms with E-state index in [2.05, 4.69) is 10.0 Å². The third kappa shape index (κ3) is 3.52. The van der Waals surface area contributed by atoms with E-state index in [-0.39, 0.29) is 23.9 Å². The minimum atomic E-state index is -3.53. The summed E-state index contributed by atoms with van der Waals surface area (Å²) in [6, 6.07) is 5.67. The SMILES string of the molecule is CNC(=O)c1ccc(S(=O)(=O)NCCN)cc1. The Kier molecular flexibility index (Phi) is 4.62. The second-order valence-corrected chi connectivity index (χ2v) is 5.06. The molecule has 1 aromatic carbocycles. The molecule has 0 atom stereocenters. The van der Waals surface area contributed by atoms with Crippen molar-refractivity contribution >= 4 is 15.9 Å². The molecule has 0 spiro atoms. The Morgan fingerprint density at radius 2 is 1.88 bits per heavy atom. The summed E-state index contributed by atoms with van der Waals surface area (Å²) in [4.78, 5) is 11.4. The highest BCUT2D eigenvalue weighted by molar-refractivity contribution is 7.89. The Balaban J connectivity index is 2.91. The van der Waals surface area contributed by atoms with Crippen LogP contribution in [0.2, 0.25) is 0 Å². The molecular weight excluding hydrogens is 242 g/mol. The number of carbonyl (C=O) groups excluding carboxylic acids is 1. The van der Waals surface area contributed by atoms with E-state index in [1.165, 1.54) is 31.3 Å². The number of sulfonamides is 1. The molecular formula is C10H15N3O3S. The summed E-state index contributed by atoms with van der Waals surface area (Å²) < 4.78 is 25.7. The summed E-state index contributed by atoms with van der Waals surface area (Å²) in [5.41, 5.74) is 5.62. The maximum atomic E-state index is 11.7. The van der Waals surface area contributed by atoms with Crippen LogP contribution in [0.1, 0.15) is 10.4 Å². The molecule has 4 N–H and O–H groups in total. The second kappa shape index (κ2) is 5.76. The first kappa shape index (κ1) is 13.6. The Hall–Kier alpha value is -1.44. The van der Waals surface area contributed by atoms with E-state index < -0.39 is 10.0 Å². The molecule has 0 unspecified atom stereocenters. The number of benzene rings is 1. The quantitative estimate of drug-likeness (QED) is 0.648. The molecule has 1 aromatic rings. The van der Waals surface area contributed by atoms with Crippen LogP contribution < -0.4 is 15.8 Å². The molecule has 0 aromatic heterocycles. The van der Waals surface area contributed by atoms with Crippen molar-refractivity contribution in [2.75, 3.05) is 20.1 Å². The zero-order valence-corrected chi connectivity index (χ0v) is 10.3. The third-order valence-electron chi connectivity index (χ3n) is 2.09. The number of nitrogens with two attached hydrogens (primary N) is 1. The van der Waals surface area contributed by atoms with E-state index in [1.807, 2.05) is 0 Å². The highest BCUT2D eigenvalue weighted by atomic mass is 32.2. The Bertz CT molecular complexity index is 482. The molecule has 0 radical (unpaired) electrons. The standard InChI is InChI=1S/C10H15N3O3S/c1-12-10(14)8-2-4-9(5-3-8)17(15,16)13-7-6-11/h2-5,13H,6-7,11H2,1H3,(H,12,14). The maximum absolute atomic E-state index is 11.7. The van der Waals surface area contributed by atoms with E-state index >= 15 is 0 Å². The highest BCUT2D eigenvalue weighted by Gasteiger charge is 2.13. The van der Waals surface area contributed by atoms with Crippen molar-refractivity contribution in [2.24, 2.45) is 5.73 Å². The van der Waals surface area contributed by atoms with E-state index in [9.17, 15) is 13.2 Å². The average Bonchev–Trinajstić information content (AvgIpc) is 2.35. The molecule has 94 valence electrons. The predicted octanol–water partition coefficient (Wildman–Crippen LogP) is -0.717. The van der Waals surface area contributed by atoms with Crippen molar-refractivity contribution in [1.82, 2.24) is 10.0 Å². The van der Waals surface area contributed by atoms with Crippen LogP contribution in [0.4, 0.5) is 0 Å². The molecule has 1 amide bonds. The molecule has 6 nitrogen and oxygen atoms in total. The van der Waals surface area contributed by atoms with Crippen LogP contribution in [0.25, 0.3) is 0 Å². The van der Waals surface area contributed by atoms with Gasteiger partial charge in [0.15, 0.2) is 0 Å². The summed E-state index contributed by atoms with van der Waals surface area (Å²) in [6.45, 7) is 0.412. The van der Waals surface area contributed by atoms with Crippen LogP contribution in [-0.2, 0) is 10.0 Å². The Morgan fingerprint density at radius 3 is 2.35 bits per heavy atom. The summed E-state index contributed by atoms with van der Waals surface area (Å²) in [7, 11) is -2.02. The second-order valence-electron chi connectivity index (χ2n) is 3.29. The summed E-state index contributed by atoms with van der Waals surface area (Å²) in [5.74, 6) is -0.260. The van der Waals surface area contributed by atoms with Crippen LogP contribution in [0.15, 0.2) is 29.2 Å². The van der Waals surface area contributed by atoms with Gasteiger partial charge in [0, 0.05) is 25.7 Å². The number of nitrogens with one attached hydrogen (secondary N) is 2. The number of hydrogen-bond donors (Lipinski definition) is 3. The van der Waals surface area contributed by atoms with E-state index in [4.69, 9.17) is 5.73 Å². The van der Waals surface area contributed by atoms with Crippen molar-refractivity contribution in [3.63, 3.8) is 0 Å². The van der Waals surface area contributed by atoms with Crippen molar-refractivity contribution in [3.05, 3.63) is 29.8 Å². The number of amides is 1. The molecule has 0 aliphatic rings. The lowest BCUT2D eigenvalue weighted by molar-refractivity contribution is 0.0963. The van der Waals surface area contributed by atoms with Gasteiger partial charge in [-0.3, -0.25) is 4.79 Å². The van der Waals surface area contributed by atoms with Gasteiger partial charge in [0.05, 0.1) is 4.90 Å². The fourth-order valence-electron chi connectivity index (χ4n) is 1.21. The van der Waals surface area contributed by atoms with Crippen LogP contribution in [0.3, 0.4) is 0 Å². The fraction of sp³-hybridized carbons (Fsp3) is 0.300. The van der Waals surface area contributed by atoms with Crippen LogP contribution >= 0.6 is 0 Å². The molecule has 0 aliphatic heterocycles. The summed E-state index contributed by atoms with van der Waals surface area (Å²) in [5, 5.41) is 2.45. The third-order valence-corrected chi connectivity index (χ3v) is 3.57. The average molecular weight is 257 g/mol. The number of hydrogen-bond acceptors (Lipinski definition) is 4. The Morgan fingerprint density at radius 1 is 1.29 bits per heavy atom. The zero-order valence-electron chi connectivity index (χ0n) is 9.43. The molecule has 1 rings (SSSR count). The van der Waals surface area contributed by atoms with Crippen molar-refractivity contribution in [1.29, 1.82) is 0 Å². The van der Waals surface area contributed by atoms with Gasteiger partial charge in [-0.1, -0.05) is 0 Å². The molecule has 0 saturated heterocycles. The van der Waals surface area contributed by atoms with Crippen LogP contribution in [-0.4, -0.2) is 34.5 Å². The summed E-state index contributed by atoms with van der Waals surface area (Å²) in [6.07, 6.45) is 0. The van der Waals surface area contributed by atoms with E-state index in [0.717, 1.165) is 0 Å². The van der Waals surface area contributed by atoms with Gasteiger partial charge in [0.2, 0.25) is 10.0 Å². The van der Waals surface area contributed by atoms with Gasteiger partial charge in [-0.2, -0.15) is 0 Å². The minimum Gasteiger partial charge on any atom is -0.355 e. The van der Waals surface area contributed by atoms with Gasteiger partial charge in [0.25, 0.3) is 5.91 Å². The molecule has 0 aliphatic carbocycles. The molecule has 0 saturated carbocycles. The lowest BCUT2D eigenvalue weighted by atomic mass is 10.2. The van der Waals surface area contributed by atoms with E-state index in [0.29, 0.717) is 5.56 Å². The summed E-state index contributed by atoms with van der Waals surface area (Å²) >= 11 is 0. The van der Waals surface area contributed by atoms with Crippen molar-refractivity contribution < 1.29 is 13.2 Å². The van der Waals surface area contributed by atoms with Crippen molar-refractivity contribution in [3.8, 4) is 0 Å². The van der Waals surface area contributed by atoms with Gasteiger partial charge < -0.3 is 11.1 Å². The first-order valence-electron chi connectivity index (χ1n) is 5.03. The van der Waals surface area contributed by atoms with Gasteiger partial charge >= 0.3 is 0 Å². The smallest absolute Gasteiger partial charge is 0.251 e. The largest absolute Gasteiger partial charge is 0.355 e. The first-order valence-corrected chi connectivity index (χ1v) is 6.51. The number of rotatable bonds is 5. The first-order chi connectivity index (χ1) is 8.01. The molecule has 7 heteroatoms. The molecule has 0 fully saturated rings. The number of carbonyl (C=O) groups is 1. The van der Waals surface area contributed by atoms with Crippen molar-refractivity contribution in [2.45, 2.75) is 4.90 Å². The van der Waals surface area contributed by atoms with Gasteiger partial charge in [-0.15, -0.1) is 0 Å². The van der Waals surface area contributed by atoms with Crippen LogP contribution in [0.5, 0.6) is 0 Å². The highest BCUT2D eigenvalue weighted by Crippen LogP contribution is 2.10. The predicted molar refractivity (Wildman–Crippen MR) is 64.1 cm³/mol. The van der Waals surface area contributed by atoms with Gasteiger partial charge in [-0.05, 0) is 24.3 Å². The fourth-order valence-corrected chi connectivity index (χ4v) is 2.25. The molecule has 0 heterocycles. The lowest BCUT2D eigenvalue weighted by Crippen LogP contribution is -2.29. The maximum Gasteiger partial charge on any atom is 0.251 e.